The second-order valence-electron chi connectivity index (χ2n) is 3.74. The van der Waals surface area contributed by atoms with Gasteiger partial charge in [-0.25, -0.2) is 4.79 Å². The quantitative estimate of drug-likeness (QED) is 0.222. The van der Waals surface area contributed by atoms with Crippen molar-refractivity contribution in [3.63, 3.8) is 0 Å². The molecule has 1 N–H and O–H groups in total. The molecule has 0 radical (unpaired) electrons. The SMILES string of the molecule is CCOC(=O)/C(N=Nc1ccc(Cl)cc1[N+](=O)[O-])=C(\C)O. The lowest BCUT2D eigenvalue weighted by Crippen LogP contribution is -2.07. The molecule has 1 aromatic carbocycles. The van der Waals surface area contributed by atoms with Gasteiger partial charge in [-0.3, -0.25) is 10.1 Å². The summed E-state index contributed by atoms with van der Waals surface area (Å²) >= 11 is 5.67. The highest BCUT2D eigenvalue weighted by Crippen LogP contribution is 2.31. The summed E-state index contributed by atoms with van der Waals surface area (Å²) in [4.78, 5) is 21.7. The van der Waals surface area contributed by atoms with Crippen LogP contribution in [0.15, 0.2) is 39.9 Å². The highest BCUT2D eigenvalue weighted by Gasteiger charge is 2.17. The van der Waals surface area contributed by atoms with Crippen molar-refractivity contribution in [2.45, 2.75) is 13.8 Å². The first-order valence-electron chi connectivity index (χ1n) is 5.79. The number of halogens is 1. The number of nitrogens with zero attached hydrogens (tertiary/aromatic N) is 3. The van der Waals surface area contributed by atoms with Crippen LogP contribution in [-0.2, 0) is 9.53 Å². The van der Waals surface area contributed by atoms with E-state index in [0.717, 1.165) is 6.07 Å². The van der Waals surface area contributed by atoms with E-state index in [1.165, 1.54) is 19.1 Å². The zero-order valence-electron chi connectivity index (χ0n) is 11.2. The Morgan fingerprint density at radius 3 is 2.71 bits per heavy atom. The summed E-state index contributed by atoms with van der Waals surface area (Å²) in [7, 11) is 0. The molecule has 0 amide bonds. The van der Waals surface area contributed by atoms with Gasteiger partial charge in [-0.2, -0.15) is 0 Å². The summed E-state index contributed by atoms with van der Waals surface area (Å²) < 4.78 is 4.69. The minimum atomic E-state index is -0.877. The minimum Gasteiger partial charge on any atom is -0.510 e. The Hall–Kier alpha value is -2.48. The van der Waals surface area contributed by atoms with Crippen molar-refractivity contribution in [3.05, 3.63) is 44.8 Å². The van der Waals surface area contributed by atoms with Gasteiger partial charge in [0.25, 0.3) is 5.69 Å². The van der Waals surface area contributed by atoms with Gasteiger partial charge >= 0.3 is 5.97 Å². The molecule has 0 aliphatic rings. The lowest BCUT2D eigenvalue weighted by atomic mass is 10.3. The van der Waals surface area contributed by atoms with Crippen LogP contribution in [0.3, 0.4) is 0 Å². The molecule has 0 unspecified atom stereocenters. The van der Waals surface area contributed by atoms with Gasteiger partial charge in [0.2, 0.25) is 5.70 Å². The summed E-state index contributed by atoms with van der Waals surface area (Å²) in [5.41, 5.74) is -0.904. The number of carbonyl (C=O) groups excluding carboxylic acids is 1. The number of ether oxygens (including phenoxy) is 1. The molecular weight excluding hydrogens is 302 g/mol. The van der Waals surface area contributed by atoms with Gasteiger partial charge in [0.15, 0.2) is 5.69 Å². The third-order valence-electron chi connectivity index (χ3n) is 2.20. The molecule has 0 fully saturated rings. The van der Waals surface area contributed by atoms with E-state index in [4.69, 9.17) is 11.6 Å². The monoisotopic (exact) mass is 313 g/mol. The van der Waals surface area contributed by atoms with Gasteiger partial charge in [-0.15, -0.1) is 10.2 Å². The number of allylic oxidation sites excluding steroid dienone is 1. The summed E-state index contributed by atoms with van der Waals surface area (Å²) in [5.74, 6) is -1.29. The van der Waals surface area contributed by atoms with Crippen LogP contribution in [0, 0.1) is 10.1 Å². The molecule has 1 rings (SSSR count). The van der Waals surface area contributed by atoms with Crippen LogP contribution in [0.2, 0.25) is 5.02 Å². The predicted octanol–water partition coefficient (Wildman–Crippen LogP) is 3.68. The molecule has 112 valence electrons. The highest BCUT2D eigenvalue weighted by molar-refractivity contribution is 6.30. The predicted molar refractivity (Wildman–Crippen MR) is 74.6 cm³/mol. The maximum absolute atomic E-state index is 11.5. The van der Waals surface area contributed by atoms with Crippen LogP contribution >= 0.6 is 11.6 Å². The first-order valence-corrected chi connectivity index (χ1v) is 6.17. The van der Waals surface area contributed by atoms with Crippen LogP contribution < -0.4 is 0 Å². The van der Waals surface area contributed by atoms with Gasteiger partial charge in [0.05, 0.1) is 11.5 Å². The van der Waals surface area contributed by atoms with Crippen LogP contribution in [0.1, 0.15) is 13.8 Å². The summed E-state index contributed by atoms with van der Waals surface area (Å²) in [6, 6.07) is 3.78. The number of hydrogen-bond donors (Lipinski definition) is 1. The number of esters is 1. The second-order valence-corrected chi connectivity index (χ2v) is 4.18. The van der Waals surface area contributed by atoms with Crippen molar-refractivity contribution < 1.29 is 19.6 Å². The van der Waals surface area contributed by atoms with Crippen molar-refractivity contribution in [1.29, 1.82) is 0 Å². The Morgan fingerprint density at radius 1 is 1.52 bits per heavy atom. The molecule has 0 atom stereocenters. The molecule has 9 heteroatoms. The normalized spacial score (nSPS) is 12.1. The fourth-order valence-electron chi connectivity index (χ4n) is 1.29. The highest BCUT2D eigenvalue weighted by atomic mass is 35.5. The second kappa shape index (κ2) is 7.34. The maximum Gasteiger partial charge on any atom is 0.362 e. The van der Waals surface area contributed by atoms with Crippen molar-refractivity contribution in [2.75, 3.05) is 6.61 Å². The Labute approximate surface area is 124 Å². The number of benzene rings is 1. The Kier molecular flexibility index (Phi) is 5.79. The molecule has 0 bridgehead atoms. The molecule has 0 spiro atoms. The van der Waals surface area contributed by atoms with E-state index >= 15 is 0 Å². The molecule has 0 saturated heterocycles. The number of azo groups is 1. The average Bonchev–Trinajstić information content (AvgIpc) is 2.40. The van der Waals surface area contributed by atoms with Gasteiger partial charge in [-0.05, 0) is 26.0 Å². The standard InChI is InChI=1S/C12H12ClN3O5/c1-3-21-12(18)11(7(2)17)15-14-9-5-4-8(13)6-10(9)16(19)20/h4-6,17H,3H2,1-2H3/b11-7-,15-14?. The van der Waals surface area contributed by atoms with Gasteiger partial charge < -0.3 is 9.84 Å². The van der Waals surface area contributed by atoms with E-state index < -0.39 is 22.3 Å². The van der Waals surface area contributed by atoms with E-state index in [1.54, 1.807) is 6.92 Å². The first-order chi connectivity index (χ1) is 9.86. The van der Waals surface area contributed by atoms with E-state index in [-0.39, 0.29) is 23.0 Å². The third-order valence-corrected chi connectivity index (χ3v) is 2.44. The van der Waals surface area contributed by atoms with E-state index in [0.29, 0.717) is 0 Å². The number of nitro benzene ring substituents is 1. The molecule has 21 heavy (non-hydrogen) atoms. The van der Waals surface area contributed by atoms with Crippen molar-refractivity contribution >= 4 is 28.9 Å². The number of aliphatic hydroxyl groups excluding tert-OH is 1. The topological polar surface area (TPSA) is 114 Å². The van der Waals surface area contributed by atoms with Gasteiger partial charge in [-0.1, -0.05) is 11.6 Å². The zero-order chi connectivity index (χ0) is 16.0. The van der Waals surface area contributed by atoms with Crippen LogP contribution in [-0.4, -0.2) is 22.6 Å². The fourth-order valence-corrected chi connectivity index (χ4v) is 1.46. The van der Waals surface area contributed by atoms with Gasteiger partial charge in [0, 0.05) is 11.1 Å². The van der Waals surface area contributed by atoms with Gasteiger partial charge in [0.1, 0.15) is 5.76 Å². The molecule has 8 nitrogen and oxygen atoms in total. The number of hydrogen-bond acceptors (Lipinski definition) is 7. The van der Waals surface area contributed by atoms with Crippen molar-refractivity contribution in [1.82, 2.24) is 0 Å². The molecule has 0 saturated carbocycles. The number of nitro groups is 1. The van der Waals surface area contributed by atoms with E-state index in [9.17, 15) is 20.0 Å². The minimum absolute atomic E-state index is 0.0895. The van der Waals surface area contributed by atoms with E-state index in [1.807, 2.05) is 0 Å². The van der Waals surface area contributed by atoms with Crippen LogP contribution in [0.4, 0.5) is 11.4 Å². The lowest BCUT2D eigenvalue weighted by Gasteiger charge is -2.02. The molecule has 0 aliphatic heterocycles. The molecule has 1 aromatic rings. The van der Waals surface area contributed by atoms with Crippen molar-refractivity contribution in [2.24, 2.45) is 10.2 Å². The largest absolute Gasteiger partial charge is 0.510 e. The number of carbonyl (C=O) groups is 1. The zero-order valence-corrected chi connectivity index (χ0v) is 12.0. The molecule has 0 heterocycles. The van der Waals surface area contributed by atoms with Crippen LogP contribution in [0.25, 0.3) is 0 Å². The molecule has 0 aromatic heterocycles. The van der Waals surface area contributed by atoms with Crippen molar-refractivity contribution in [3.8, 4) is 0 Å². The molecule has 0 aliphatic carbocycles. The third kappa shape index (κ3) is 4.53. The van der Waals surface area contributed by atoms with Crippen LogP contribution in [0.5, 0.6) is 0 Å². The summed E-state index contributed by atoms with van der Waals surface area (Å²) in [6.07, 6.45) is 0. The number of rotatable bonds is 5. The maximum atomic E-state index is 11.5. The summed E-state index contributed by atoms with van der Waals surface area (Å²) in [5, 5.41) is 27.5. The Balaban J connectivity index is 3.17. The average molecular weight is 314 g/mol. The Morgan fingerprint density at radius 2 is 2.19 bits per heavy atom. The fraction of sp³-hybridized carbons (Fsp3) is 0.250. The van der Waals surface area contributed by atoms with E-state index in [2.05, 4.69) is 15.0 Å². The lowest BCUT2D eigenvalue weighted by molar-refractivity contribution is -0.384. The molecular formula is C12H12ClN3O5. The first kappa shape index (κ1) is 16.6. The Bertz CT molecular complexity index is 623. The number of aliphatic hydroxyl groups is 1. The smallest absolute Gasteiger partial charge is 0.362 e. The summed E-state index contributed by atoms with van der Waals surface area (Å²) in [6.45, 7) is 2.90.